The first-order valence-corrected chi connectivity index (χ1v) is 15.0. The van der Waals surface area contributed by atoms with E-state index in [-0.39, 0.29) is 11.4 Å². The number of pyridine rings is 1. The lowest BCUT2D eigenvalue weighted by Gasteiger charge is -2.29. The fourth-order valence-electron chi connectivity index (χ4n) is 4.94. The lowest BCUT2D eigenvalue weighted by atomic mass is 9.95. The van der Waals surface area contributed by atoms with Crippen molar-refractivity contribution in [2.24, 2.45) is 0 Å². The number of unbranched alkanes of at least 4 members (excludes halogenated alkanes) is 7. The minimum Gasteiger partial charge on any atom is -0.480 e. The van der Waals surface area contributed by atoms with Crippen molar-refractivity contribution in [3.8, 4) is 5.88 Å². The van der Waals surface area contributed by atoms with Gasteiger partial charge in [0.05, 0.1) is 19.3 Å². The Morgan fingerprint density at radius 2 is 1.69 bits per heavy atom. The molecule has 1 heterocycles. The molecule has 0 amide bonds. The summed E-state index contributed by atoms with van der Waals surface area (Å²) in [5.74, 6) is -1.05. The van der Waals surface area contributed by atoms with Crippen molar-refractivity contribution in [2.45, 2.75) is 93.8 Å². The molecule has 0 bridgehead atoms. The van der Waals surface area contributed by atoms with Crippen LogP contribution in [-0.4, -0.2) is 39.9 Å². The number of halogens is 1. The van der Waals surface area contributed by atoms with Crippen LogP contribution in [0, 0.1) is 0 Å². The first-order chi connectivity index (χ1) is 18.9. The standard InChI is InChI=1S/C32H42FNO4S/c1-3-4-5-6-7-8-9-14-24-15-10-11-16-26(24)23-32(37,19-12-13-20-33)39-27-18-17-25-21-28(31(35)36)30(38-2)34-29(25)22-27/h10-11,15-18,21-22,37H,3-9,12-14,19-20,23H2,1-2H3,(H,35,36)/t32-/m0/s1. The Hall–Kier alpha value is -2.64. The lowest BCUT2D eigenvalue weighted by molar-refractivity contribution is 0.0692. The molecule has 7 heteroatoms. The minimum atomic E-state index is -1.12. The molecule has 0 aliphatic carbocycles. The van der Waals surface area contributed by atoms with Crippen LogP contribution in [0.4, 0.5) is 4.39 Å². The Kier molecular flexibility index (Phi) is 12.5. The summed E-state index contributed by atoms with van der Waals surface area (Å²) in [5.41, 5.74) is 2.99. The van der Waals surface area contributed by atoms with Crippen LogP contribution in [0.15, 0.2) is 53.4 Å². The molecular formula is C32H42FNO4S. The number of carboxylic acids is 1. The quantitative estimate of drug-likeness (QED) is 0.0932. The van der Waals surface area contributed by atoms with Crippen molar-refractivity contribution in [2.75, 3.05) is 13.8 Å². The van der Waals surface area contributed by atoms with Crippen molar-refractivity contribution in [1.82, 2.24) is 4.98 Å². The largest absolute Gasteiger partial charge is 0.480 e. The number of carboxylic acid groups (broad SMARTS) is 1. The van der Waals surface area contributed by atoms with Crippen molar-refractivity contribution >= 4 is 28.6 Å². The number of fused-ring (bicyclic) bond motifs is 1. The molecular weight excluding hydrogens is 513 g/mol. The third-order valence-electron chi connectivity index (χ3n) is 7.07. The third-order valence-corrected chi connectivity index (χ3v) is 8.29. The maximum absolute atomic E-state index is 12.9. The van der Waals surface area contributed by atoms with Crippen LogP contribution in [-0.2, 0) is 12.8 Å². The van der Waals surface area contributed by atoms with Gasteiger partial charge < -0.3 is 14.9 Å². The predicted octanol–water partition coefficient (Wildman–Crippen LogP) is 8.40. The molecule has 0 unspecified atom stereocenters. The molecule has 2 aromatic carbocycles. The summed E-state index contributed by atoms with van der Waals surface area (Å²) >= 11 is 1.36. The van der Waals surface area contributed by atoms with Gasteiger partial charge in [-0.25, -0.2) is 9.78 Å². The summed E-state index contributed by atoms with van der Waals surface area (Å²) < 4.78 is 18.1. The van der Waals surface area contributed by atoms with Crippen molar-refractivity contribution in [3.63, 3.8) is 0 Å². The van der Waals surface area contributed by atoms with Crippen LogP contribution in [0.25, 0.3) is 10.9 Å². The average Bonchev–Trinajstić information content (AvgIpc) is 2.92. The highest BCUT2D eigenvalue weighted by Crippen LogP contribution is 2.39. The second kappa shape index (κ2) is 15.8. The van der Waals surface area contributed by atoms with Gasteiger partial charge in [-0.2, -0.15) is 0 Å². The molecule has 3 aromatic rings. The van der Waals surface area contributed by atoms with E-state index in [1.54, 1.807) is 6.07 Å². The van der Waals surface area contributed by atoms with E-state index in [1.165, 1.54) is 63.0 Å². The number of aromatic nitrogens is 1. The molecule has 3 rings (SSSR count). The number of alkyl halides is 1. The number of hydrogen-bond acceptors (Lipinski definition) is 5. The van der Waals surface area contributed by atoms with E-state index in [2.05, 4.69) is 30.1 Å². The second-order valence-electron chi connectivity index (χ2n) is 10.2. The molecule has 212 valence electrons. The molecule has 39 heavy (non-hydrogen) atoms. The molecule has 0 aliphatic rings. The van der Waals surface area contributed by atoms with Gasteiger partial charge in [-0.3, -0.25) is 4.39 Å². The summed E-state index contributed by atoms with van der Waals surface area (Å²) in [7, 11) is 1.40. The SMILES string of the molecule is CCCCCCCCCc1ccccc1C[C@](O)(CCCCF)Sc1ccc2cc(C(=O)O)c(OC)nc2c1. The fourth-order valence-corrected chi connectivity index (χ4v) is 6.16. The molecule has 0 fully saturated rings. The van der Waals surface area contributed by atoms with Gasteiger partial charge in [-0.05, 0) is 61.4 Å². The number of rotatable bonds is 18. The summed E-state index contributed by atoms with van der Waals surface area (Å²) in [6.45, 7) is 1.83. The van der Waals surface area contributed by atoms with E-state index >= 15 is 0 Å². The Morgan fingerprint density at radius 3 is 2.38 bits per heavy atom. The van der Waals surface area contributed by atoms with Crippen LogP contribution >= 0.6 is 11.8 Å². The smallest absolute Gasteiger partial charge is 0.341 e. The minimum absolute atomic E-state index is 0.00527. The molecule has 0 saturated heterocycles. The van der Waals surface area contributed by atoms with E-state index in [4.69, 9.17) is 4.74 Å². The molecule has 1 atom stereocenters. The normalized spacial score (nSPS) is 12.9. The molecule has 2 N–H and O–H groups in total. The van der Waals surface area contributed by atoms with E-state index in [1.807, 2.05) is 24.3 Å². The molecule has 0 aliphatic heterocycles. The average molecular weight is 556 g/mol. The van der Waals surface area contributed by atoms with Gasteiger partial charge in [0, 0.05) is 16.7 Å². The number of carbonyl (C=O) groups is 1. The molecule has 0 saturated carbocycles. The topological polar surface area (TPSA) is 79.7 Å². The zero-order valence-electron chi connectivity index (χ0n) is 23.3. The van der Waals surface area contributed by atoms with Crippen LogP contribution < -0.4 is 4.74 Å². The number of thioether (sulfide) groups is 1. The third kappa shape index (κ3) is 9.50. The number of aromatic carboxylic acids is 1. The molecule has 5 nitrogen and oxygen atoms in total. The maximum atomic E-state index is 12.9. The van der Waals surface area contributed by atoms with E-state index in [0.29, 0.717) is 36.6 Å². The van der Waals surface area contributed by atoms with Gasteiger partial charge in [0.1, 0.15) is 10.5 Å². The number of aliphatic hydroxyl groups is 1. The predicted molar refractivity (Wildman–Crippen MR) is 158 cm³/mol. The van der Waals surface area contributed by atoms with Crippen LogP contribution in [0.3, 0.4) is 0 Å². The van der Waals surface area contributed by atoms with E-state index < -0.39 is 17.6 Å². The Bertz CT molecular complexity index is 1200. The summed E-state index contributed by atoms with van der Waals surface area (Å²) in [6, 6.07) is 15.4. The zero-order valence-corrected chi connectivity index (χ0v) is 24.1. The summed E-state index contributed by atoms with van der Waals surface area (Å²) in [4.78, 5) is 15.6. The summed E-state index contributed by atoms with van der Waals surface area (Å²) in [6.07, 6.45) is 11.7. The molecule has 1 aromatic heterocycles. The Morgan fingerprint density at radius 1 is 0.974 bits per heavy atom. The van der Waals surface area contributed by atoms with Crippen LogP contribution in [0.5, 0.6) is 5.88 Å². The highest BCUT2D eigenvalue weighted by molar-refractivity contribution is 8.00. The second-order valence-corrected chi connectivity index (χ2v) is 11.7. The molecule has 0 radical (unpaired) electrons. The van der Waals surface area contributed by atoms with Gasteiger partial charge in [0.2, 0.25) is 5.88 Å². The monoisotopic (exact) mass is 555 g/mol. The van der Waals surface area contributed by atoms with Crippen molar-refractivity contribution in [1.29, 1.82) is 0 Å². The van der Waals surface area contributed by atoms with Gasteiger partial charge in [-0.15, -0.1) is 0 Å². The lowest BCUT2D eigenvalue weighted by Crippen LogP contribution is -2.28. The number of hydrogen-bond donors (Lipinski definition) is 2. The number of benzene rings is 2. The van der Waals surface area contributed by atoms with Crippen LogP contribution in [0.2, 0.25) is 0 Å². The first kappa shape index (κ1) is 30.9. The molecule has 0 spiro atoms. The Labute approximate surface area is 236 Å². The zero-order chi connectivity index (χ0) is 28.1. The first-order valence-electron chi connectivity index (χ1n) is 14.2. The van der Waals surface area contributed by atoms with E-state index in [9.17, 15) is 19.4 Å². The van der Waals surface area contributed by atoms with Crippen molar-refractivity contribution in [3.05, 3.63) is 65.2 Å². The van der Waals surface area contributed by atoms with Gasteiger partial charge >= 0.3 is 5.97 Å². The number of aryl methyl sites for hydroxylation is 1. The van der Waals surface area contributed by atoms with Crippen LogP contribution in [0.1, 0.15) is 92.6 Å². The fraction of sp³-hybridized carbons (Fsp3) is 0.500. The summed E-state index contributed by atoms with van der Waals surface area (Å²) in [5, 5.41) is 22.0. The van der Waals surface area contributed by atoms with Gasteiger partial charge in [-0.1, -0.05) is 87.5 Å². The number of ether oxygens (including phenoxy) is 1. The number of methoxy groups -OCH3 is 1. The van der Waals surface area contributed by atoms with Gasteiger partial charge in [0.25, 0.3) is 0 Å². The van der Waals surface area contributed by atoms with E-state index in [0.717, 1.165) is 23.3 Å². The maximum Gasteiger partial charge on any atom is 0.341 e. The highest BCUT2D eigenvalue weighted by atomic mass is 32.2. The van der Waals surface area contributed by atoms with Crippen molar-refractivity contribution < 1.29 is 24.1 Å². The highest BCUT2D eigenvalue weighted by Gasteiger charge is 2.29. The Balaban J connectivity index is 1.77. The number of nitrogens with zero attached hydrogens (tertiary/aromatic N) is 1. The van der Waals surface area contributed by atoms with Gasteiger partial charge in [0.15, 0.2) is 0 Å².